The van der Waals surface area contributed by atoms with E-state index in [2.05, 4.69) is 15.9 Å². The molecule has 0 saturated carbocycles. The molecule has 7 heteroatoms. The van der Waals surface area contributed by atoms with Crippen molar-refractivity contribution in [2.45, 2.75) is 11.0 Å². The maximum Gasteiger partial charge on any atom is 0.405 e. The molecule has 0 aromatic heterocycles. The second-order valence-electron chi connectivity index (χ2n) is 2.88. The normalized spacial score (nSPS) is 13.3. The smallest absolute Gasteiger partial charge is 0.205 e. The summed E-state index contributed by atoms with van der Waals surface area (Å²) < 4.78 is 62.7. The molecule has 1 nitrogen and oxygen atoms in total. The molecule has 0 aliphatic rings. The van der Waals surface area contributed by atoms with Crippen LogP contribution < -0.4 is 0 Å². The lowest BCUT2D eigenvalue weighted by Gasteiger charge is -2.14. The number of hydrogen-bond acceptors (Lipinski definition) is 1. The van der Waals surface area contributed by atoms with E-state index < -0.39 is 33.8 Å². The number of nitriles is 1. The number of hydrogen-bond donors (Lipinski definition) is 0. The first-order valence-corrected chi connectivity index (χ1v) is 4.78. The molecule has 1 atom stereocenters. The van der Waals surface area contributed by atoms with E-state index in [1.807, 2.05) is 0 Å². The molecular formula is C9H3BrF5N. The van der Waals surface area contributed by atoms with Crippen molar-refractivity contribution in [2.24, 2.45) is 0 Å². The van der Waals surface area contributed by atoms with E-state index in [4.69, 9.17) is 5.26 Å². The van der Waals surface area contributed by atoms with Gasteiger partial charge >= 0.3 is 6.18 Å². The molecular weight excluding hydrogens is 297 g/mol. The highest BCUT2D eigenvalue weighted by Gasteiger charge is 2.39. The number of benzene rings is 1. The molecule has 1 aromatic rings. The van der Waals surface area contributed by atoms with E-state index in [9.17, 15) is 22.0 Å². The molecule has 0 N–H and O–H groups in total. The molecule has 1 rings (SSSR count). The summed E-state index contributed by atoms with van der Waals surface area (Å²) in [7, 11) is 0. The third-order valence-corrected chi connectivity index (χ3v) is 2.80. The Morgan fingerprint density at radius 2 is 1.62 bits per heavy atom. The van der Waals surface area contributed by atoms with Crippen LogP contribution in [-0.4, -0.2) is 6.18 Å². The summed E-state index contributed by atoms with van der Waals surface area (Å²) in [6.45, 7) is 0. The fourth-order valence-electron chi connectivity index (χ4n) is 1.03. The SMILES string of the molecule is N#Cc1c(F)cc([C@H](Br)C(F)(F)F)cc1F. The Labute approximate surface area is 95.6 Å². The predicted molar refractivity (Wildman–Crippen MR) is 48.8 cm³/mol. The van der Waals surface area contributed by atoms with Crippen molar-refractivity contribution in [2.75, 3.05) is 0 Å². The Balaban J connectivity index is 3.25. The Morgan fingerprint density at radius 3 is 1.94 bits per heavy atom. The van der Waals surface area contributed by atoms with Gasteiger partial charge in [-0.25, -0.2) is 8.78 Å². The monoisotopic (exact) mass is 299 g/mol. The van der Waals surface area contributed by atoms with Crippen LogP contribution in [0, 0.1) is 23.0 Å². The van der Waals surface area contributed by atoms with Crippen molar-refractivity contribution >= 4 is 15.9 Å². The average molecular weight is 300 g/mol. The molecule has 16 heavy (non-hydrogen) atoms. The summed E-state index contributed by atoms with van der Waals surface area (Å²) in [4.78, 5) is -2.17. The van der Waals surface area contributed by atoms with E-state index >= 15 is 0 Å². The highest BCUT2D eigenvalue weighted by atomic mass is 79.9. The summed E-state index contributed by atoms with van der Waals surface area (Å²) in [5.41, 5.74) is -1.52. The Morgan fingerprint density at radius 1 is 1.19 bits per heavy atom. The molecule has 0 amide bonds. The molecule has 86 valence electrons. The highest BCUT2D eigenvalue weighted by molar-refractivity contribution is 9.09. The van der Waals surface area contributed by atoms with Crippen LogP contribution >= 0.6 is 15.9 Å². The van der Waals surface area contributed by atoms with Gasteiger partial charge in [-0.2, -0.15) is 18.4 Å². The highest BCUT2D eigenvalue weighted by Crippen LogP contribution is 2.40. The molecule has 0 radical (unpaired) electrons. The molecule has 0 aliphatic carbocycles. The molecule has 1 aromatic carbocycles. The van der Waals surface area contributed by atoms with E-state index in [1.165, 1.54) is 6.07 Å². The van der Waals surface area contributed by atoms with E-state index in [0.29, 0.717) is 12.1 Å². The van der Waals surface area contributed by atoms with Gasteiger partial charge in [0.15, 0.2) is 0 Å². The fraction of sp³-hybridized carbons (Fsp3) is 0.222. The number of halogens is 6. The summed E-state index contributed by atoms with van der Waals surface area (Å²) in [6, 6.07) is 2.18. The third-order valence-electron chi connectivity index (χ3n) is 1.76. The Hall–Kier alpha value is -1.16. The third kappa shape index (κ3) is 2.50. The number of alkyl halides is 4. The zero-order valence-corrected chi connectivity index (χ0v) is 9.03. The van der Waals surface area contributed by atoms with Crippen LogP contribution in [0.3, 0.4) is 0 Å². The van der Waals surface area contributed by atoms with Gasteiger partial charge in [0.2, 0.25) is 0 Å². The molecule has 0 bridgehead atoms. The van der Waals surface area contributed by atoms with Gasteiger partial charge in [0.05, 0.1) is 0 Å². The zero-order chi connectivity index (χ0) is 12.5. The van der Waals surface area contributed by atoms with Gasteiger partial charge < -0.3 is 0 Å². The van der Waals surface area contributed by atoms with Crippen LogP contribution in [0.5, 0.6) is 0 Å². The lowest BCUT2D eigenvalue weighted by Crippen LogP contribution is -2.15. The number of nitrogens with zero attached hydrogens (tertiary/aromatic N) is 1. The van der Waals surface area contributed by atoms with E-state index in [1.54, 1.807) is 0 Å². The van der Waals surface area contributed by atoms with Crippen LogP contribution in [0.15, 0.2) is 12.1 Å². The first-order chi connectivity index (χ1) is 7.27. The molecule has 0 unspecified atom stereocenters. The molecule has 0 spiro atoms. The van der Waals surface area contributed by atoms with Crippen molar-refractivity contribution in [1.82, 2.24) is 0 Å². The van der Waals surface area contributed by atoms with Crippen LogP contribution in [-0.2, 0) is 0 Å². The Bertz CT molecular complexity index is 425. The van der Waals surface area contributed by atoms with Gasteiger partial charge in [0.1, 0.15) is 28.1 Å². The van der Waals surface area contributed by atoms with E-state index in [0.717, 1.165) is 0 Å². The molecule has 0 aliphatic heterocycles. The summed E-state index contributed by atoms with van der Waals surface area (Å²) in [5, 5.41) is 8.32. The quantitative estimate of drug-likeness (QED) is 0.571. The predicted octanol–water partition coefficient (Wildman–Crippen LogP) is 3.83. The van der Waals surface area contributed by atoms with Crippen molar-refractivity contribution in [1.29, 1.82) is 5.26 Å². The minimum atomic E-state index is -4.66. The van der Waals surface area contributed by atoms with Gasteiger partial charge in [-0.05, 0) is 17.7 Å². The first-order valence-electron chi connectivity index (χ1n) is 3.87. The maximum absolute atomic E-state index is 13.0. The maximum atomic E-state index is 13.0. The largest absolute Gasteiger partial charge is 0.405 e. The Kier molecular flexibility index (Phi) is 3.53. The van der Waals surface area contributed by atoms with Crippen molar-refractivity contribution in [3.05, 3.63) is 34.9 Å². The van der Waals surface area contributed by atoms with Gasteiger partial charge in [-0.1, -0.05) is 15.9 Å². The second-order valence-corrected chi connectivity index (χ2v) is 3.79. The van der Waals surface area contributed by atoms with Crippen LogP contribution in [0.2, 0.25) is 0 Å². The van der Waals surface area contributed by atoms with Gasteiger partial charge in [-0.15, -0.1) is 0 Å². The topological polar surface area (TPSA) is 23.8 Å². The standard InChI is InChI=1S/C9H3BrF5N/c10-8(9(13,14)15)4-1-6(11)5(3-16)7(12)2-4/h1-2,8H/t8-/m0/s1. The lowest BCUT2D eigenvalue weighted by molar-refractivity contribution is -0.128. The fourth-order valence-corrected chi connectivity index (χ4v) is 1.30. The van der Waals surface area contributed by atoms with E-state index in [-0.39, 0.29) is 0 Å². The van der Waals surface area contributed by atoms with Crippen molar-refractivity contribution in [3.63, 3.8) is 0 Å². The van der Waals surface area contributed by atoms with Crippen LogP contribution in [0.25, 0.3) is 0 Å². The summed E-state index contributed by atoms with van der Waals surface area (Å²) in [5.74, 6) is -2.63. The van der Waals surface area contributed by atoms with Gasteiger partial charge in [0.25, 0.3) is 0 Å². The van der Waals surface area contributed by atoms with Crippen molar-refractivity contribution < 1.29 is 22.0 Å². The number of rotatable bonds is 1. The molecule has 0 saturated heterocycles. The summed E-state index contributed by atoms with van der Waals surface area (Å²) in [6.07, 6.45) is -4.66. The summed E-state index contributed by atoms with van der Waals surface area (Å²) >= 11 is 2.28. The van der Waals surface area contributed by atoms with Crippen LogP contribution in [0.1, 0.15) is 16.0 Å². The van der Waals surface area contributed by atoms with Crippen molar-refractivity contribution in [3.8, 4) is 6.07 Å². The molecule has 0 heterocycles. The minimum Gasteiger partial charge on any atom is -0.205 e. The van der Waals surface area contributed by atoms with Gasteiger partial charge in [-0.3, -0.25) is 0 Å². The minimum absolute atomic E-state index is 0.481. The van der Waals surface area contributed by atoms with Gasteiger partial charge in [0, 0.05) is 0 Å². The second kappa shape index (κ2) is 4.37. The average Bonchev–Trinajstić information content (AvgIpc) is 2.14. The first kappa shape index (κ1) is 12.9. The zero-order valence-electron chi connectivity index (χ0n) is 7.45. The van der Waals surface area contributed by atoms with Crippen LogP contribution in [0.4, 0.5) is 22.0 Å². The lowest BCUT2D eigenvalue weighted by atomic mass is 10.1. The molecule has 0 fully saturated rings.